The fraction of sp³-hybridized carbons (Fsp3) is 0.533. The SMILES string of the molecule is CN(CC(=O)c1ccc(Cl)cc1Cl)CC1(O)CCCC1. The maximum absolute atomic E-state index is 12.2. The number of hydrogen-bond donors (Lipinski definition) is 1. The largest absolute Gasteiger partial charge is 0.389 e. The van der Waals surface area contributed by atoms with Crippen molar-refractivity contribution in [2.24, 2.45) is 0 Å². The predicted octanol–water partition coefficient (Wildman–Crippen LogP) is 3.41. The number of aliphatic hydroxyl groups is 1. The van der Waals surface area contributed by atoms with Crippen LogP contribution in [0, 0.1) is 0 Å². The molecule has 2 rings (SSSR count). The second-order valence-electron chi connectivity index (χ2n) is 5.65. The molecule has 0 spiro atoms. The molecule has 20 heavy (non-hydrogen) atoms. The van der Waals surface area contributed by atoms with Gasteiger partial charge in [0.05, 0.1) is 17.2 Å². The molecule has 3 nitrogen and oxygen atoms in total. The van der Waals surface area contributed by atoms with Crippen LogP contribution in [-0.2, 0) is 0 Å². The smallest absolute Gasteiger partial charge is 0.178 e. The Hall–Kier alpha value is -0.610. The predicted molar refractivity (Wildman–Crippen MR) is 81.7 cm³/mol. The number of hydrogen-bond acceptors (Lipinski definition) is 3. The van der Waals surface area contributed by atoms with Crippen LogP contribution in [0.3, 0.4) is 0 Å². The van der Waals surface area contributed by atoms with E-state index in [-0.39, 0.29) is 12.3 Å². The number of halogens is 2. The maximum atomic E-state index is 12.2. The molecule has 1 saturated carbocycles. The van der Waals surface area contributed by atoms with Crippen molar-refractivity contribution in [3.8, 4) is 0 Å². The van der Waals surface area contributed by atoms with Crippen molar-refractivity contribution >= 4 is 29.0 Å². The lowest BCUT2D eigenvalue weighted by Gasteiger charge is -2.28. The normalized spacial score (nSPS) is 17.6. The third kappa shape index (κ3) is 3.95. The second kappa shape index (κ2) is 6.44. The number of rotatable bonds is 5. The second-order valence-corrected chi connectivity index (χ2v) is 6.49. The van der Waals surface area contributed by atoms with Crippen molar-refractivity contribution in [2.75, 3.05) is 20.1 Å². The average Bonchev–Trinajstić information content (AvgIpc) is 2.74. The van der Waals surface area contributed by atoms with E-state index in [1.165, 1.54) is 0 Å². The van der Waals surface area contributed by atoms with E-state index in [0.717, 1.165) is 25.7 Å². The minimum atomic E-state index is -0.640. The maximum Gasteiger partial charge on any atom is 0.178 e. The fourth-order valence-corrected chi connectivity index (χ4v) is 3.31. The van der Waals surface area contributed by atoms with Gasteiger partial charge in [-0.15, -0.1) is 0 Å². The summed E-state index contributed by atoms with van der Waals surface area (Å²) in [5.74, 6) is -0.0595. The Labute approximate surface area is 129 Å². The highest BCUT2D eigenvalue weighted by atomic mass is 35.5. The first kappa shape index (κ1) is 15.8. The Morgan fingerprint density at radius 2 is 2.00 bits per heavy atom. The van der Waals surface area contributed by atoms with Gasteiger partial charge in [0.1, 0.15) is 0 Å². The topological polar surface area (TPSA) is 40.5 Å². The molecule has 1 aliphatic carbocycles. The van der Waals surface area contributed by atoms with Gasteiger partial charge in [0, 0.05) is 17.1 Å². The van der Waals surface area contributed by atoms with Crippen LogP contribution in [0.5, 0.6) is 0 Å². The van der Waals surface area contributed by atoms with E-state index in [9.17, 15) is 9.90 Å². The monoisotopic (exact) mass is 315 g/mol. The van der Waals surface area contributed by atoms with Crippen LogP contribution < -0.4 is 0 Å². The van der Waals surface area contributed by atoms with E-state index in [1.807, 2.05) is 11.9 Å². The summed E-state index contributed by atoms with van der Waals surface area (Å²) in [5, 5.41) is 11.2. The van der Waals surface area contributed by atoms with Gasteiger partial charge in [0.25, 0.3) is 0 Å². The van der Waals surface area contributed by atoms with Gasteiger partial charge in [0.2, 0.25) is 0 Å². The van der Waals surface area contributed by atoms with Crippen LogP contribution in [0.1, 0.15) is 36.0 Å². The third-order valence-corrected chi connectivity index (χ3v) is 4.29. The van der Waals surface area contributed by atoms with E-state index in [4.69, 9.17) is 23.2 Å². The van der Waals surface area contributed by atoms with Gasteiger partial charge in [-0.2, -0.15) is 0 Å². The highest BCUT2D eigenvalue weighted by Crippen LogP contribution is 2.30. The van der Waals surface area contributed by atoms with Crippen LogP contribution in [0.15, 0.2) is 18.2 Å². The summed E-state index contributed by atoms with van der Waals surface area (Å²) in [6.07, 6.45) is 3.74. The van der Waals surface area contributed by atoms with Gasteiger partial charge in [-0.05, 0) is 38.1 Å². The van der Waals surface area contributed by atoms with E-state index < -0.39 is 5.60 Å². The van der Waals surface area contributed by atoms with Crippen molar-refractivity contribution in [1.29, 1.82) is 0 Å². The number of likely N-dealkylation sites (N-methyl/N-ethyl adjacent to an activating group) is 1. The first-order valence-electron chi connectivity index (χ1n) is 6.79. The molecule has 5 heteroatoms. The Morgan fingerprint density at radius 3 is 2.60 bits per heavy atom. The summed E-state index contributed by atoms with van der Waals surface area (Å²) in [5.41, 5.74) is -0.167. The summed E-state index contributed by atoms with van der Waals surface area (Å²) in [6.45, 7) is 0.758. The zero-order valence-electron chi connectivity index (χ0n) is 11.5. The number of nitrogens with zero attached hydrogens (tertiary/aromatic N) is 1. The molecule has 1 aromatic carbocycles. The van der Waals surface area contributed by atoms with Crippen LogP contribution in [0.25, 0.3) is 0 Å². The molecule has 1 aromatic rings. The average molecular weight is 316 g/mol. The number of carbonyl (C=O) groups is 1. The van der Waals surface area contributed by atoms with Crippen LogP contribution in [-0.4, -0.2) is 41.5 Å². The number of ketones is 1. The highest BCUT2D eigenvalue weighted by molar-refractivity contribution is 6.36. The number of Topliss-reactive ketones (excluding diaryl/α,β-unsaturated/α-hetero) is 1. The lowest BCUT2D eigenvalue weighted by atomic mass is 10.0. The molecule has 1 N–H and O–H groups in total. The van der Waals surface area contributed by atoms with E-state index >= 15 is 0 Å². The molecular weight excluding hydrogens is 297 g/mol. The summed E-state index contributed by atoms with van der Waals surface area (Å²) in [7, 11) is 1.85. The van der Waals surface area contributed by atoms with Gasteiger partial charge in [-0.25, -0.2) is 0 Å². The standard InChI is InChI=1S/C15H19Cl2NO2/c1-18(10-15(20)6-2-3-7-15)9-14(19)12-5-4-11(16)8-13(12)17/h4-5,8,20H,2-3,6-7,9-10H2,1H3. The van der Waals surface area contributed by atoms with Gasteiger partial charge < -0.3 is 5.11 Å². The molecular formula is C15H19Cl2NO2. The minimum Gasteiger partial charge on any atom is -0.389 e. The number of benzene rings is 1. The molecule has 1 fully saturated rings. The fourth-order valence-electron chi connectivity index (χ4n) is 2.80. The first-order valence-corrected chi connectivity index (χ1v) is 7.54. The van der Waals surface area contributed by atoms with Crippen molar-refractivity contribution < 1.29 is 9.90 Å². The third-order valence-electron chi connectivity index (χ3n) is 3.74. The summed E-state index contributed by atoms with van der Waals surface area (Å²) in [4.78, 5) is 14.1. The molecule has 0 heterocycles. The highest BCUT2D eigenvalue weighted by Gasteiger charge is 2.32. The molecule has 0 atom stereocenters. The molecule has 0 aliphatic heterocycles. The quantitative estimate of drug-likeness (QED) is 0.846. The molecule has 0 amide bonds. The van der Waals surface area contributed by atoms with Crippen molar-refractivity contribution in [1.82, 2.24) is 4.90 Å². The zero-order valence-corrected chi connectivity index (χ0v) is 13.0. The van der Waals surface area contributed by atoms with E-state index in [0.29, 0.717) is 22.2 Å². The van der Waals surface area contributed by atoms with Crippen molar-refractivity contribution in [2.45, 2.75) is 31.3 Å². The summed E-state index contributed by atoms with van der Waals surface area (Å²) >= 11 is 11.9. The molecule has 110 valence electrons. The molecule has 0 unspecified atom stereocenters. The van der Waals surface area contributed by atoms with Crippen LogP contribution in [0.4, 0.5) is 0 Å². The van der Waals surface area contributed by atoms with Gasteiger partial charge in [-0.1, -0.05) is 36.0 Å². The lowest BCUT2D eigenvalue weighted by molar-refractivity contribution is 0.0172. The van der Waals surface area contributed by atoms with Crippen molar-refractivity contribution in [3.63, 3.8) is 0 Å². The summed E-state index contributed by atoms with van der Waals surface area (Å²) < 4.78 is 0. The van der Waals surface area contributed by atoms with Crippen molar-refractivity contribution in [3.05, 3.63) is 33.8 Å². The van der Waals surface area contributed by atoms with Gasteiger partial charge in [-0.3, -0.25) is 9.69 Å². The Balaban J connectivity index is 1.96. The first-order chi connectivity index (χ1) is 9.39. The van der Waals surface area contributed by atoms with Crippen LogP contribution >= 0.6 is 23.2 Å². The zero-order chi connectivity index (χ0) is 14.8. The minimum absolute atomic E-state index is 0.0595. The molecule has 0 saturated heterocycles. The van der Waals surface area contributed by atoms with Crippen LogP contribution in [0.2, 0.25) is 10.0 Å². The Morgan fingerprint density at radius 1 is 1.35 bits per heavy atom. The lowest BCUT2D eigenvalue weighted by Crippen LogP contribution is -2.41. The molecule has 1 aliphatic rings. The Bertz CT molecular complexity index is 499. The van der Waals surface area contributed by atoms with E-state index in [1.54, 1.807) is 18.2 Å². The summed E-state index contributed by atoms with van der Waals surface area (Å²) in [6, 6.07) is 4.87. The molecule has 0 bridgehead atoms. The van der Waals surface area contributed by atoms with Gasteiger partial charge >= 0.3 is 0 Å². The van der Waals surface area contributed by atoms with Gasteiger partial charge in [0.15, 0.2) is 5.78 Å². The Kier molecular flexibility index (Phi) is 5.08. The number of carbonyl (C=O) groups excluding carboxylic acids is 1. The molecule has 0 aromatic heterocycles. The molecule has 0 radical (unpaired) electrons. The van der Waals surface area contributed by atoms with E-state index in [2.05, 4.69) is 0 Å².